The molecule has 7 nitrogen and oxygen atoms in total. The molecule has 1 aliphatic rings. The molecule has 7 heteroatoms. The molecule has 0 saturated heterocycles. The monoisotopic (exact) mass is 394 g/mol. The summed E-state index contributed by atoms with van der Waals surface area (Å²) in [6, 6.07) is 13.9. The molecule has 3 aromatic rings. The van der Waals surface area contributed by atoms with Gasteiger partial charge in [0.2, 0.25) is 5.91 Å². The maximum absolute atomic E-state index is 12.9. The van der Waals surface area contributed by atoms with E-state index in [0.717, 1.165) is 12.0 Å². The molecule has 0 fully saturated rings. The van der Waals surface area contributed by atoms with Gasteiger partial charge in [0.05, 0.1) is 13.7 Å². The molecule has 0 saturated carbocycles. The molecule has 0 spiro atoms. The van der Waals surface area contributed by atoms with Crippen LogP contribution in [0.1, 0.15) is 21.7 Å². The minimum atomic E-state index is -1.04. The van der Waals surface area contributed by atoms with E-state index in [1.54, 1.807) is 29.2 Å². The fraction of sp³-hybridized carbons (Fsp3) is 0.273. The Hall–Kier alpha value is -3.32. The van der Waals surface area contributed by atoms with E-state index < -0.39 is 18.6 Å². The van der Waals surface area contributed by atoms with E-state index in [-0.39, 0.29) is 11.7 Å². The van der Waals surface area contributed by atoms with E-state index >= 15 is 0 Å². The van der Waals surface area contributed by atoms with Crippen LogP contribution in [-0.4, -0.2) is 48.1 Å². The van der Waals surface area contributed by atoms with Gasteiger partial charge in [-0.25, -0.2) is 0 Å². The van der Waals surface area contributed by atoms with Gasteiger partial charge in [0.15, 0.2) is 17.1 Å². The van der Waals surface area contributed by atoms with Crippen molar-refractivity contribution in [3.63, 3.8) is 0 Å². The van der Waals surface area contributed by atoms with Crippen LogP contribution in [0.15, 0.2) is 52.9 Å². The van der Waals surface area contributed by atoms with E-state index in [4.69, 9.17) is 9.15 Å². The third kappa shape index (κ3) is 3.69. The topological polar surface area (TPSA) is 92.0 Å². The van der Waals surface area contributed by atoms with Crippen LogP contribution in [0, 0.1) is 0 Å². The molecule has 2 N–H and O–H groups in total. The first kappa shape index (κ1) is 19.0. The number of benzene rings is 2. The number of carbonyl (C=O) groups is 2. The van der Waals surface area contributed by atoms with E-state index in [0.29, 0.717) is 29.8 Å². The number of hydrogen-bond donors (Lipinski definition) is 2. The van der Waals surface area contributed by atoms with Crippen LogP contribution in [0.3, 0.4) is 0 Å². The van der Waals surface area contributed by atoms with Gasteiger partial charge in [-0.2, -0.15) is 0 Å². The molecule has 1 unspecified atom stereocenters. The number of nitrogens with one attached hydrogen (secondary N) is 1. The molecule has 150 valence electrons. The van der Waals surface area contributed by atoms with Crippen molar-refractivity contribution in [2.24, 2.45) is 0 Å². The average Bonchev–Trinajstić information content (AvgIpc) is 3.21. The van der Waals surface area contributed by atoms with Crippen molar-refractivity contribution in [1.29, 1.82) is 0 Å². The summed E-state index contributed by atoms with van der Waals surface area (Å²) in [5, 5.41) is 13.0. The highest BCUT2D eigenvalue weighted by molar-refractivity contribution is 5.99. The Balaban J connectivity index is 1.49. The zero-order valence-corrected chi connectivity index (χ0v) is 16.1. The van der Waals surface area contributed by atoms with Crippen molar-refractivity contribution in [2.75, 3.05) is 20.3 Å². The second-order valence-electron chi connectivity index (χ2n) is 6.98. The van der Waals surface area contributed by atoms with E-state index in [2.05, 4.69) is 11.4 Å². The van der Waals surface area contributed by atoms with E-state index in [1.807, 2.05) is 18.2 Å². The maximum Gasteiger partial charge on any atom is 0.287 e. The van der Waals surface area contributed by atoms with Crippen LogP contribution in [0.4, 0.5) is 0 Å². The van der Waals surface area contributed by atoms with Crippen molar-refractivity contribution in [1.82, 2.24) is 10.2 Å². The number of hydrogen-bond acceptors (Lipinski definition) is 5. The first-order valence-electron chi connectivity index (χ1n) is 9.44. The Morgan fingerprint density at radius 1 is 1.21 bits per heavy atom. The number of aliphatic hydroxyl groups excluding tert-OH is 1. The fourth-order valence-corrected chi connectivity index (χ4v) is 3.63. The summed E-state index contributed by atoms with van der Waals surface area (Å²) in [5.41, 5.74) is 2.76. The Labute approximate surface area is 167 Å². The summed E-state index contributed by atoms with van der Waals surface area (Å²) in [6.07, 6.45) is 0.747. The van der Waals surface area contributed by atoms with Gasteiger partial charge in [0.25, 0.3) is 5.91 Å². The number of para-hydroxylation sites is 1. The molecule has 2 amide bonds. The predicted molar refractivity (Wildman–Crippen MR) is 107 cm³/mol. The normalized spacial score (nSPS) is 14.3. The number of ether oxygens (including phenoxy) is 1. The van der Waals surface area contributed by atoms with Gasteiger partial charge in [0, 0.05) is 18.5 Å². The van der Waals surface area contributed by atoms with Gasteiger partial charge in [0.1, 0.15) is 6.04 Å². The highest BCUT2D eigenvalue weighted by atomic mass is 16.5. The molecule has 2 heterocycles. The highest BCUT2D eigenvalue weighted by Gasteiger charge is 2.29. The summed E-state index contributed by atoms with van der Waals surface area (Å²) in [4.78, 5) is 27.2. The first-order valence-corrected chi connectivity index (χ1v) is 9.44. The average molecular weight is 394 g/mol. The van der Waals surface area contributed by atoms with E-state index in [1.165, 1.54) is 12.7 Å². The largest absolute Gasteiger partial charge is 0.493 e. The summed E-state index contributed by atoms with van der Waals surface area (Å²) < 4.78 is 10.9. The number of methoxy groups -OCH3 is 1. The van der Waals surface area contributed by atoms with Gasteiger partial charge >= 0.3 is 0 Å². The molecular formula is C22H22N2O5. The third-order valence-electron chi connectivity index (χ3n) is 5.18. The number of aliphatic hydroxyl groups is 1. The Bertz CT molecular complexity index is 1060. The summed E-state index contributed by atoms with van der Waals surface area (Å²) in [6.45, 7) is 0.513. The van der Waals surface area contributed by atoms with Crippen LogP contribution < -0.4 is 10.1 Å². The zero-order chi connectivity index (χ0) is 20.4. The molecule has 1 aromatic heterocycles. The lowest BCUT2D eigenvalue weighted by Gasteiger charge is -2.31. The van der Waals surface area contributed by atoms with Crippen LogP contribution in [-0.2, 0) is 17.8 Å². The van der Waals surface area contributed by atoms with Crippen molar-refractivity contribution >= 4 is 22.8 Å². The summed E-state index contributed by atoms with van der Waals surface area (Å²) in [5.74, 6) is -0.305. The Morgan fingerprint density at radius 3 is 2.76 bits per heavy atom. The first-order chi connectivity index (χ1) is 14.1. The lowest BCUT2D eigenvalue weighted by Crippen LogP contribution is -2.51. The highest BCUT2D eigenvalue weighted by Crippen LogP contribution is 2.28. The number of carbonyl (C=O) groups excluding carboxylic acids is 2. The molecule has 4 rings (SSSR count). The van der Waals surface area contributed by atoms with Crippen LogP contribution >= 0.6 is 0 Å². The molecule has 0 bridgehead atoms. The Kier molecular flexibility index (Phi) is 5.22. The van der Waals surface area contributed by atoms with Crippen molar-refractivity contribution in [2.45, 2.75) is 19.0 Å². The van der Waals surface area contributed by atoms with Crippen molar-refractivity contribution < 1.29 is 23.8 Å². The maximum atomic E-state index is 12.9. The Morgan fingerprint density at radius 2 is 2.00 bits per heavy atom. The minimum absolute atomic E-state index is 0.0553. The number of amides is 2. The second kappa shape index (κ2) is 7.97. The molecule has 2 aromatic carbocycles. The summed E-state index contributed by atoms with van der Waals surface area (Å²) >= 11 is 0. The summed E-state index contributed by atoms with van der Waals surface area (Å²) in [7, 11) is 1.52. The SMILES string of the molecule is COc1cccc2cc(C(=O)NC(CO)C(=O)N3CCc4ccccc4C3)oc12. The standard InChI is InChI=1S/C22H22N2O5/c1-28-18-8-4-7-15-11-19(29-20(15)18)21(26)23-17(13-25)22(27)24-10-9-14-5-2-3-6-16(14)12-24/h2-8,11,17,25H,9-10,12-13H2,1H3,(H,23,26). The fourth-order valence-electron chi connectivity index (χ4n) is 3.63. The number of rotatable bonds is 5. The van der Waals surface area contributed by atoms with Gasteiger partial charge in [-0.3, -0.25) is 9.59 Å². The zero-order valence-electron chi connectivity index (χ0n) is 16.1. The number of fused-ring (bicyclic) bond motifs is 2. The molecular weight excluding hydrogens is 372 g/mol. The molecule has 0 radical (unpaired) electrons. The van der Waals surface area contributed by atoms with Crippen molar-refractivity contribution in [3.8, 4) is 5.75 Å². The van der Waals surface area contributed by atoms with Gasteiger partial charge < -0.3 is 24.5 Å². The predicted octanol–water partition coefficient (Wildman–Crippen LogP) is 2.12. The third-order valence-corrected chi connectivity index (χ3v) is 5.18. The second-order valence-corrected chi connectivity index (χ2v) is 6.98. The van der Waals surface area contributed by atoms with Gasteiger partial charge in [-0.15, -0.1) is 0 Å². The molecule has 29 heavy (non-hydrogen) atoms. The van der Waals surface area contributed by atoms with Crippen molar-refractivity contribution in [3.05, 3.63) is 65.4 Å². The lowest BCUT2D eigenvalue weighted by atomic mass is 9.99. The lowest BCUT2D eigenvalue weighted by molar-refractivity contribution is -0.135. The molecule has 0 aliphatic carbocycles. The molecule has 1 aliphatic heterocycles. The number of nitrogens with zero attached hydrogens (tertiary/aromatic N) is 1. The number of furan rings is 1. The van der Waals surface area contributed by atoms with Gasteiger partial charge in [-0.05, 0) is 29.7 Å². The van der Waals surface area contributed by atoms with Crippen LogP contribution in [0.25, 0.3) is 11.0 Å². The smallest absolute Gasteiger partial charge is 0.287 e. The minimum Gasteiger partial charge on any atom is -0.493 e. The van der Waals surface area contributed by atoms with E-state index in [9.17, 15) is 14.7 Å². The quantitative estimate of drug-likeness (QED) is 0.692. The van der Waals surface area contributed by atoms with Crippen LogP contribution in [0.5, 0.6) is 5.75 Å². The van der Waals surface area contributed by atoms with Gasteiger partial charge in [-0.1, -0.05) is 36.4 Å². The van der Waals surface area contributed by atoms with Crippen LogP contribution in [0.2, 0.25) is 0 Å². The molecule has 1 atom stereocenters.